The van der Waals surface area contributed by atoms with Crippen LogP contribution in [0.3, 0.4) is 0 Å². The van der Waals surface area contributed by atoms with Gasteiger partial charge in [-0.15, -0.1) is 0 Å². The van der Waals surface area contributed by atoms with Gasteiger partial charge in [0.25, 0.3) is 0 Å². The highest BCUT2D eigenvalue weighted by Gasteiger charge is 2.52. The van der Waals surface area contributed by atoms with E-state index in [1.807, 2.05) is 9.80 Å². The molecular weight excluding hydrogens is 383 g/mol. The number of fused-ring (bicyclic) bond motifs is 1. The van der Waals surface area contributed by atoms with Crippen LogP contribution in [0.4, 0.5) is 18.9 Å². The summed E-state index contributed by atoms with van der Waals surface area (Å²) in [4.78, 5) is 16.5. The first-order valence-corrected chi connectivity index (χ1v) is 9.91. The molecule has 2 saturated heterocycles. The van der Waals surface area contributed by atoms with Gasteiger partial charge < -0.3 is 14.5 Å². The lowest BCUT2D eigenvalue weighted by Crippen LogP contribution is -2.53. The standard InChI is InChI=1S/C21H24F3N3O2/c1-29-13-20-11-26(19(28)14-2-3-14)7-6-16(20)10-27(12-20)17-5-4-15(9-25)18(8-17)21(22,23)24/h4-5,8,14,16H,2-3,6-7,10-13H2,1H3/t16-,20+/m1/s1. The van der Waals surface area contributed by atoms with Gasteiger partial charge >= 0.3 is 6.18 Å². The smallest absolute Gasteiger partial charge is 0.384 e. The lowest BCUT2D eigenvalue weighted by atomic mass is 9.74. The normalized spacial score (nSPS) is 26.9. The SMILES string of the molecule is COC[C@@]12CN(C(=O)C3CC3)CC[C@@H]1CN(c1ccc(C#N)c(C(F)(F)F)c1)C2. The summed E-state index contributed by atoms with van der Waals surface area (Å²) < 4.78 is 45.6. The summed E-state index contributed by atoms with van der Waals surface area (Å²) in [6, 6.07) is 5.53. The Bertz CT molecular complexity index is 847. The van der Waals surface area contributed by atoms with Gasteiger partial charge in [-0.1, -0.05) is 0 Å². The van der Waals surface area contributed by atoms with Gasteiger partial charge in [0.05, 0.1) is 23.8 Å². The number of carbonyl (C=O) groups excluding carboxylic acids is 1. The van der Waals surface area contributed by atoms with E-state index in [0.29, 0.717) is 38.5 Å². The summed E-state index contributed by atoms with van der Waals surface area (Å²) in [5.74, 6) is 0.599. The molecule has 156 valence electrons. The van der Waals surface area contributed by atoms with Crippen LogP contribution < -0.4 is 4.90 Å². The van der Waals surface area contributed by atoms with E-state index < -0.39 is 11.7 Å². The number of amides is 1. The average molecular weight is 407 g/mol. The van der Waals surface area contributed by atoms with Crippen molar-refractivity contribution >= 4 is 11.6 Å². The molecule has 0 N–H and O–H groups in total. The number of ether oxygens (including phenoxy) is 1. The van der Waals surface area contributed by atoms with Gasteiger partial charge in [0.15, 0.2) is 0 Å². The van der Waals surface area contributed by atoms with Crippen molar-refractivity contribution in [3.05, 3.63) is 29.3 Å². The predicted molar refractivity (Wildman–Crippen MR) is 100 cm³/mol. The van der Waals surface area contributed by atoms with E-state index in [-0.39, 0.29) is 28.7 Å². The van der Waals surface area contributed by atoms with Crippen LogP contribution in [0.1, 0.15) is 30.4 Å². The molecule has 0 radical (unpaired) electrons. The van der Waals surface area contributed by atoms with Crippen molar-refractivity contribution in [2.24, 2.45) is 17.3 Å². The third-order valence-electron chi connectivity index (χ3n) is 6.53. The summed E-state index contributed by atoms with van der Waals surface area (Å²) in [5, 5.41) is 9.03. The molecule has 29 heavy (non-hydrogen) atoms. The molecule has 5 nitrogen and oxygen atoms in total. The first-order chi connectivity index (χ1) is 13.8. The molecule has 2 atom stereocenters. The molecule has 1 aromatic carbocycles. The molecule has 0 spiro atoms. The van der Waals surface area contributed by atoms with Crippen molar-refractivity contribution in [1.29, 1.82) is 5.26 Å². The third-order valence-corrected chi connectivity index (χ3v) is 6.53. The van der Waals surface area contributed by atoms with Gasteiger partial charge in [0.1, 0.15) is 0 Å². The number of nitriles is 1. The quantitative estimate of drug-likeness (QED) is 0.769. The van der Waals surface area contributed by atoms with E-state index in [9.17, 15) is 18.0 Å². The molecular formula is C21H24F3N3O2. The van der Waals surface area contributed by atoms with Crippen molar-refractivity contribution in [3.8, 4) is 6.07 Å². The molecule has 3 fully saturated rings. The molecule has 1 aromatic rings. The molecule has 1 amide bonds. The zero-order chi connectivity index (χ0) is 20.8. The molecule has 3 aliphatic rings. The number of carbonyl (C=O) groups is 1. The Labute approximate surface area is 168 Å². The van der Waals surface area contributed by atoms with E-state index in [0.717, 1.165) is 25.3 Å². The minimum absolute atomic E-state index is 0.150. The number of methoxy groups -OCH3 is 1. The number of likely N-dealkylation sites (tertiary alicyclic amines) is 1. The van der Waals surface area contributed by atoms with Crippen molar-refractivity contribution in [2.75, 3.05) is 44.8 Å². The highest BCUT2D eigenvalue weighted by molar-refractivity contribution is 5.81. The average Bonchev–Trinajstić information content (AvgIpc) is 3.46. The lowest BCUT2D eigenvalue weighted by molar-refractivity contribution is -0.138. The fourth-order valence-electron chi connectivity index (χ4n) is 4.91. The van der Waals surface area contributed by atoms with Crippen LogP contribution in [0.2, 0.25) is 0 Å². The molecule has 0 aromatic heterocycles. The third kappa shape index (κ3) is 3.68. The van der Waals surface area contributed by atoms with Gasteiger partial charge in [-0.2, -0.15) is 18.4 Å². The highest BCUT2D eigenvalue weighted by Crippen LogP contribution is 2.46. The number of nitrogens with zero attached hydrogens (tertiary/aromatic N) is 3. The van der Waals surface area contributed by atoms with E-state index in [2.05, 4.69) is 0 Å². The van der Waals surface area contributed by atoms with Gasteiger partial charge in [0.2, 0.25) is 5.91 Å². The fraction of sp³-hybridized carbons (Fsp3) is 0.619. The van der Waals surface area contributed by atoms with Crippen LogP contribution in [0, 0.1) is 28.6 Å². The van der Waals surface area contributed by atoms with Crippen LogP contribution in [0.15, 0.2) is 18.2 Å². The first-order valence-electron chi connectivity index (χ1n) is 9.91. The summed E-state index contributed by atoms with van der Waals surface area (Å²) >= 11 is 0. The number of hydrogen-bond donors (Lipinski definition) is 0. The molecule has 1 saturated carbocycles. The number of anilines is 1. The van der Waals surface area contributed by atoms with Crippen LogP contribution in [-0.4, -0.2) is 50.7 Å². The van der Waals surface area contributed by atoms with Crippen molar-refractivity contribution in [2.45, 2.75) is 25.4 Å². The van der Waals surface area contributed by atoms with Gasteiger partial charge in [-0.05, 0) is 43.4 Å². The number of rotatable bonds is 4. The monoisotopic (exact) mass is 407 g/mol. The molecule has 4 rings (SSSR count). The summed E-state index contributed by atoms with van der Waals surface area (Å²) in [6.07, 6.45) is -1.85. The zero-order valence-electron chi connectivity index (χ0n) is 16.3. The van der Waals surface area contributed by atoms with E-state index in [1.54, 1.807) is 19.2 Å². The second-order valence-electron chi connectivity index (χ2n) is 8.54. The molecule has 1 aliphatic carbocycles. The minimum Gasteiger partial charge on any atom is -0.384 e. The topological polar surface area (TPSA) is 56.6 Å². The number of benzene rings is 1. The highest BCUT2D eigenvalue weighted by atomic mass is 19.4. The van der Waals surface area contributed by atoms with Gasteiger partial charge in [0, 0.05) is 50.3 Å². The number of hydrogen-bond acceptors (Lipinski definition) is 4. The summed E-state index contributed by atoms with van der Waals surface area (Å²) in [5.41, 5.74) is -1.10. The Morgan fingerprint density at radius 2 is 2.07 bits per heavy atom. The Morgan fingerprint density at radius 3 is 2.69 bits per heavy atom. The van der Waals surface area contributed by atoms with Gasteiger partial charge in [-0.3, -0.25) is 4.79 Å². The van der Waals surface area contributed by atoms with Crippen LogP contribution >= 0.6 is 0 Å². The van der Waals surface area contributed by atoms with Crippen molar-refractivity contribution in [1.82, 2.24) is 4.90 Å². The van der Waals surface area contributed by atoms with Crippen molar-refractivity contribution < 1.29 is 22.7 Å². The summed E-state index contributed by atoms with van der Waals surface area (Å²) in [7, 11) is 1.62. The van der Waals surface area contributed by atoms with Crippen LogP contribution in [0.25, 0.3) is 0 Å². The van der Waals surface area contributed by atoms with Gasteiger partial charge in [-0.25, -0.2) is 0 Å². The Morgan fingerprint density at radius 1 is 1.31 bits per heavy atom. The number of piperidine rings is 1. The second kappa shape index (κ2) is 7.21. The van der Waals surface area contributed by atoms with E-state index in [1.165, 1.54) is 6.07 Å². The molecule has 8 heteroatoms. The zero-order valence-corrected chi connectivity index (χ0v) is 16.3. The summed E-state index contributed by atoms with van der Waals surface area (Å²) in [6.45, 7) is 2.90. The molecule has 0 bridgehead atoms. The minimum atomic E-state index is -4.58. The Hall–Kier alpha value is -2.27. The second-order valence-corrected chi connectivity index (χ2v) is 8.54. The molecule has 2 aliphatic heterocycles. The van der Waals surface area contributed by atoms with Crippen molar-refractivity contribution in [3.63, 3.8) is 0 Å². The Kier molecular flexibility index (Phi) is 4.97. The Balaban J connectivity index is 1.60. The first kappa shape index (κ1) is 20.0. The predicted octanol–water partition coefficient (Wildman–Crippen LogP) is 3.29. The maximum atomic E-state index is 13.4. The molecule has 0 unspecified atom stereocenters. The fourth-order valence-corrected chi connectivity index (χ4v) is 4.91. The molecule has 2 heterocycles. The number of halogens is 3. The van der Waals surface area contributed by atoms with E-state index >= 15 is 0 Å². The maximum Gasteiger partial charge on any atom is 0.417 e. The van der Waals surface area contributed by atoms with Crippen LogP contribution in [-0.2, 0) is 15.7 Å². The van der Waals surface area contributed by atoms with E-state index in [4.69, 9.17) is 10.00 Å². The maximum absolute atomic E-state index is 13.4. The number of alkyl halides is 3. The lowest BCUT2D eigenvalue weighted by Gasteiger charge is -2.43. The largest absolute Gasteiger partial charge is 0.417 e. The van der Waals surface area contributed by atoms with Crippen LogP contribution in [0.5, 0.6) is 0 Å².